The average molecular weight is 239 g/mol. The molecule has 1 nitrogen and oxygen atoms in total. The van der Waals surface area contributed by atoms with Crippen LogP contribution >= 0.6 is 0 Å². The quantitative estimate of drug-likeness (QED) is 0.680. The fourth-order valence-electron chi connectivity index (χ4n) is 3.05. The summed E-state index contributed by atoms with van der Waals surface area (Å²) in [5.41, 5.74) is 0.855. The highest BCUT2D eigenvalue weighted by molar-refractivity contribution is 4.86. The summed E-state index contributed by atoms with van der Waals surface area (Å²) in [4.78, 5) is 2.75. The van der Waals surface area contributed by atoms with E-state index >= 15 is 0 Å². The van der Waals surface area contributed by atoms with Crippen LogP contribution in [0.1, 0.15) is 80.1 Å². The Hall–Kier alpha value is -0.0400. The standard InChI is InChI=1S/C16H33N/c1-15(2,3)12-9-11-14-10-7-8-13-17(14)16(4,5)6/h14H,7-13H2,1-6H3. The maximum atomic E-state index is 2.75. The van der Waals surface area contributed by atoms with Gasteiger partial charge in [0.05, 0.1) is 0 Å². The van der Waals surface area contributed by atoms with Crippen molar-refractivity contribution in [2.45, 2.75) is 91.6 Å². The van der Waals surface area contributed by atoms with E-state index in [1.807, 2.05) is 0 Å². The number of hydrogen-bond donors (Lipinski definition) is 0. The van der Waals surface area contributed by atoms with Crippen LogP contribution in [0, 0.1) is 5.41 Å². The van der Waals surface area contributed by atoms with Gasteiger partial charge in [-0.15, -0.1) is 0 Å². The summed E-state index contributed by atoms with van der Waals surface area (Å²) in [5, 5.41) is 0. The SMILES string of the molecule is CC(C)(C)CCCC1CCCCN1C(C)(C)C. The lowest BCUT2D eigenvalue weighted by atomic mass is 9.86. The van der Waals surface area contributed by atoms with Gasteiger partial charge >= 0.3 is 0 Å². The van der Waals surface area contributed by atoms with Crippen LogP contribution in [0.3, 0.4) is 0 Å². The molecule has 1 atom stereocenters. The van der Waals surface area contributed by atoms with E-state index in [-0.39, 0.29) is 0 Å². The van der Waals surface area contributed by atoms with Crippen molar-refractivity contribution in [1.82, 2.24) is 4.90 Å². The molecule has 1 aliphatic heterocycles. The number of nitrogens with zero attached hydrogens (tertiary/aromatic N) is 1. The Labute approximate surface area is 109 Å². The fourth-order valence-corrected chi connectivity index (χ4v) is 3.05. The molecule has 0 amide bonds. The third kappa shape index (κ3) is 5.42. The topological polar surface area (TPSA) is 3.24 Å². The molecule has 1 fully saturated rings. The van der Waals surface area contributed by atoms with Crippen molar-refractivity contribution in [3.63, 3.8) is 0 Å². The zero-order chi connectivity index (χ0) is 13.1. The van der Waals surface area contributed by atoms with Crippen LogP contribution in [-0.4, -0.2) is 23.0 Å². The first-order valence-electron chi connectivity index (χ1n) is 7.47. The van der Waals surface area contributed by atoms with Crippen molar-refractivity contribution >= 4 is 0 Å². The first kappa shape index (κ1) is 15.0. The van der Waals surface area contributed by atoms with Gasteiger partial charge in [-0.05, 0) is 58.4 Å². The number of piperidine rings is 1. The molecule has 0 bridgehead atoms. The van der Waals surface area contributed by atoms with Gasteiger partial charge in [0.2, 0.25) is 0 Å². The Morgan fingerprint density at radius 3 is 2.18 bits per heavy atom. The Kier molecular flexibility index (Phi) is 5.07. The summed E-state index contributed by atoms with van der Waals surface area (Å²) in [5.74, 6) is 0. The Morgan fingerprint density at radius 1 is 1.00 bits per heavy atom. The van der Waals surface area contributed by atoms with Crippen LogP contribution in [0.4, 0.5) is 0 Å². The van der Waals surface area contributed by atoms with Crippen molar-refractivity contribution in [3.05, 3.63) is 0 Å². The Morgan fingerprint density at radius 2 is 1.65 bits per heavy atom. The molecule has 0 aliphatic carbocycles. The van der Waals surface area contributed by atoms with Gasteiger partial charge < -0.3 is 0 Å². The molecule has 0 radical (unpaired) electrons. The highest BCUT2D eigenvalue weighted by atomic mass is 15.2. The molecule has 102 valence electrons. The van der Waals surface area contributed by atoms with Crippen molar-refractivity contribution in [3.8, 4) is 0 Å². The van der Waals surface area contributed by atoms with E-state index in [1.54, 1.807) is 0 Å². The molecule has 0 aromatic carbocycles. The predicted molar refractivity (Wildman–Crippen MR) is 77.4 cm³/mol. The van der Waals surface area contributed by atoms with Crippen LogP contribution < -0.4 is 0 Å². The van der Waals surface area contributed by atoms with E-state index in [2.05, 4.69) is 46.4 Å². The van der Waals surface area contributed by atoms with Gasteiger partial charge in [-0.25, -0.2) is 0 Å². The molecule has 0 saturated carbocycles. The molecule has 1 unspecified atom stereocenters. The summed E-state index contributed by atoms with van der Waals surface area (Å²) in [6.07, 6.45) is 8.40. The van der Waals surface area contributed by atoms with Gasteiger partial charge in [-0.1, -0.05) is 33.6 Å². The van der Waals surface area contributed by atoms with Crippen LogP contribution in [0.25, 0.3) is 0 Å². The van der Waals surface area contributed by atoms with Gasteiger partial charge in [0, 0.05) is 11.6 Å². The van der Waals surface area contributed by atoms with Crippen LogP contribution in [0.5, 0.6) is 0 Å². The Balaban J connectivity index is 2.44. The second kappa shape index (κ2) is 5.73. The average Bonchev–Trinajstić information content (AvgIpc) is 2.15. The minimum Gasteiger partial charge on any atom is -0.296 e. The lowest BCUT2D eigenvalue weighted by Crippen LogP contribution is -2.50. The normalized spacial score (nSPS) is 24.0. The van der Waals surface area contributed by atoms with E-state index < -0.39 is 0 Å². The number of likely N-dealkylation sites (tertiary alicyclic amines) is 1. The van der Waals surface area contributed by atoms with E-state index in [0.29, 0.717) is 11.0 Å². The van der Waals surface area contributed by atoms with Gasteiger partial charge in [-0.2, -0.15) is 0 Å². The van der Waals surface area contributed by atoms with E-state index in [9.17, 15) is 0 Å². The van der Waals surface area contributed by atoms with E-state index in [4.69, 9.17) is 0 Å². The van der Waals surface area contributed by atoms with Gasteiger partial charge in [-0.3, -0.25) is 4.90 Å². The van der Waals surface area contributed by atoms with Crippen molar-refractivity contribution < 1.29 is 0 Å². The second-order valence-electron chi connectivity index (χ2n) is 7.97. The Bertz CT molecular complexity index is 219. The summed E-state index contributed by atoms with van der Waals surface area (Å²) in [7, 11) is 0. The molecule has 0 N–H and O–H groups in total. The molecule has 1 aliphatic rings. The van der Waals surface area contributed by atoms with E-state index in [0.717, 1.165) is 6.04 Å². The molecule has 1 rings (SSSR count). The molecule has 1 saturated heterocycles. The fraction of sp³-hybridized carbons (Fsp3) is 1.00. The van der Waals surface area contributed by atoms with Gasteiger partial charge in [0.15, 0.2) is 0 Å². The molecule has 1 heteroatoms. The summed E-state index contributed by atoms with van der Waals surface area (Å²) in [6.45, 7) is 15.5. The summed E-state index contributed by atoms with van der Waals surface area (Å²) < 4.78 is 0. The van der Waals surface area contributed by atoms with E-state index in [1.165, 1.54) is 45.1 Å². The van der Waals surface area contributed by atoms with Crippen molar-refractivity contribution in [2.24, 2.45) is 5.41 Å². The van der Waals surface area contributed by atoms with Crippen molar-refractivity contribution in [2.75, 3.05) is 6.54 Å². The summed E-state index contributed by atoms with van der Waals surface area (Å²) in [6, 6.07) is 0.839. The van der Waals surface area contributed by atoms with Crippen molar-refractivity contribution in [1.29, 1.82) is 0 Å². The first-order chi connectivity index (χ1) is 7.70. The largest absolute Gasteiger partial charge is 0.296 e. The zero-order valence-electron chi connectivity index (χ0n) is 13.0. The van der Waals surface area contributed by atoms with Crippen LogP contribution in [0.15, 0.2) is 0 Å². The predicted octanol–water partition coefficient (Wildman–Crippen LogP) is 4.86. The molecule has 0 aromatic heterocycles. The number of hydrogen-bond acceptors (Lipinski definition) is 1. The maximum absolute atomic E-state index is 2.75. The third-order valence-corrected chi connectivity index (χ3v) is 3.95. The molecule has 0 spiro atoms. The monoisotopic (exact) mass is 239 g/mol. The first-order valence-corrected chi connectivity index (χ1v) is 7.47. The zero-order valence-corrected chi connectivity index (χ0v) is 13.0. The molecule has 0 aromatic rings. The van der Waals surface area contributed by atoms with Gasteiger partial charge in [0.1, 0.15) is 0 Å². The highest BCUT2D eigenvalue weighted by Gasteiger charge is 2.30. The molecule has 17 heavy (non-hydrogen) atoms. The number of rotatable bonds is 3. The minimum absolute atomic E-state index is 0.354. The molecule has 1 heterocycles. The van der Waals surface area contributed by atoms with Gasteiger partial charge in [0.25, 0.3) is 0 Å². The smallest absolute Gasteiger partial charge is 0.0127 e. The summed E-state index contributed by atoms with van der Waals surface area (Å²) >= 11 is 0. The lowest BCUT2D eigenvalue weighted by Gasteiger charge is -2.45. The molecular formula is C16H33N. The minimum atomic E-state index is 0.354. The highest BCUT2D eigenvalue weighted by Crippen LogP contribution is 2.30. The molecular weight excluding hydrogens is 206 g/mol. The van der Waals surface area contributed by atoms with Crippen LogP contribution in [0.2, 0.25) is 0 Å². The maximum Gasteiger partial charge on any atom is 0.0127 e. The second-order valence-corrected chi connectivity index (χ2v) is 7.97. The third-order valence-electron chi connectivity index (χ3n) is 3.95. The lowest BCUT2D eigenvalue weighted by molar-refractivity contribution is 0.0447. The van der Waals surface area contributed by atoms with Crippen LogP contribution in [-0.2, 0) is 0 Å².